The van der Waals surface area contributed by atoms with Gasteiger partial charge in [-0.3, -0.25) is 14.2 Å². The second-order valence-electron chi connectivity index (χ2n) is 6.05. The molecule has 2 rings (SSSR count). The van der Waals surface area contributed by atoms with Crippen molar-refractivity contribution in [1.82, 2.24) is 9.80 Å². The smallest absolute Gasteiger partial charge is 0.253 e. The molecule has 1 aliphatic heterocycles. The molecule has 0 radical (unpaired) electrons. The summed E-state index contributed by atoms with van der Waals surface area (Å²) in [6.07, 6.45) is 2.42. The van der Waals surface area contributed by atoms with E-state index >= 15 is 0 Å². The number of rotatable bonds is 6. The first-order chi connectivity index (χ1) is 11.5. The van der Waals surface area contributed by atoms with Gasteiger partial charge in [-0.25, -0.2) is 5.84 Å². The highest BCUT2D eigenvalue weighted by Crippen LogP contribution is 2.16. The van der Waals surface area contributed by atoms with Gasteiger partial charge in [-0.15, -0.1) is 0 Å². The first-order valence-corrected chi connectivity index (χ1v) is 8.15. The lowest BCUT2D eigenvalue weighted by atomic mass is 10.1. The van der Waals surface area contributed by atoms with Gasteiger partial charge in [-0.05, 0) is 44.2 Å². The molecule has 1 aromatic rings. The van der Waals surface area contributed by atoms with Crippen LogP contribution in [0.4, 0.5) is 10.1 Å². The van der Waals surface area contributed by atoms with Gasteiger partial charge in [0.25, 0.3) is 5.91 Å². The molecule has 1 amide bonds. The van der Waals surface area contributed by atoms with Gasteiger partial charge in [-0.1, -0.05) is 0 Å². The molecule has 1 fully saturated rings. The highest BCUT2D eigenvalue weighted by Gasteiger charge is 2.20. The van der Waals surface area contributed by atoms with E-state index in [1.165, 1.54) is 5.01 Å². The second kappa shape index (κ2) is 8.65. The van der Waals surface area contributed by atoms with Gasteiger partial charge in [0, 0.05) is 43.6 Å². The number of hydrazine groups is 1. The molecular weight excluding hydrogens is 309 g/mol. The number of piperazine rings is 1. The Balaban J connectivity index is 1.98. The van der Waals surface area contributed by atoms with Crippen LogP contribution in [0.25, 0.3) is 0 Å². The van der Waals surface area contributed by atoms with Crippen molar-refractivity contribution >= 4 is 11.6 Å². The van der Waals surface area contributed by atoms with Crippen LogP contribution in [0.5, 0.6) is 0 Å². The zero-order valence-corrected chi connectivity index (χ0v) is 14.1. The number of hydrogen-bond acceptors (Lipinski definition) is 5. The largest absolute Gasteiger partial charge is 0.401 e. The Morgan fingerprint density at radius 2 is 1.88 bits per heavy atom. The molecule has 0 bridgehead atoms. The zero-order chi connectivity index (χ0) is 17.5. The molecule has 0 atom stereocenters. The summed E-state index contributed by atoms with van der Waals surface area (Å²) < 4.78 is 12.1. The summed E-state index contributed by atoms with van der Waals surface area (Å²) in [4.78, 5) is 16.6. The van der Waals surface area contributed by atoms with E-state index in [0.717, 1.165) is 26.2 Å². The SMILES string of the molecule is CN1CCN(C(=O)c2ccc(N(N)/C=C(\N)CCCF)cc2)CC1. The normalized spacial score (nSPS) is 16.3. The summed E-state index contributed by atoms with van der Waals surface area (Å²) in [5.41, 5.74) is 7.67. The number of amides is 1. The van der Waals surface area contributed by atoms with Crippen molar-refractivity contribution in [2.75, 3.05) is 44.9 Å². The number of carbonyl (C=O) groups is 1. The first kappa shape index (κ1) is 18.2. The standard InChI is InChI=1S/C17H26FN5O/c1-21-9-11-22(12-10-21)17(24)14-4-6-16(7-5-14)23(20)13-15(19)3-2-8-18/h4-7,13H,2-3,8-12,19-20H2,1H3/b15-13-. The number of anilines is 1. The van der Waals surface area contributed by atoms with Crippen molar-refractivity contribution in [3.8, 4) is 0 Å². The molecule has 0 unspecified atom stereocenters. The molecule has 4 N–H and O–H groups in total. The van der Waals surface area contributed by atoms with Gasteiger partial charge in [0.2, 0.25) is 0 Å². The van der Waals surface area contributed by atoms with Crippen LogP contribution < -0.4 is 16.6 Å². The van der Waals surface area contributed by atoms with Crippen LogP contribution in [0.3, 0.4) is 0 Å². The van der Waals surface area contributed by atoms with Crippen molar-refractivity contribution in [1.29, 1.82) is 0 Å². The summed E-state index contributed by atoms with van der Waals surface area (Å²) in [6.45, 7) is 2.87. The molecule has 0 saturated carbocycles. The minimum atomic E-state index is -0.401. The summed E-state index contributed by atoms with van der Waals surface area (Å²) in [6, 6.07) is 7.09. The molecule has 6 nitrogen and oxygen atoms in total. The molecule has 0 aliphatic carbocycles. The average Bonchev–Trinajstić information content (AvgIpc) is 2.60. The zero-order valence-electron chi connectivity index (χ0n) is 14.1. The molecule has 7 heteroatoms. The van der Waals surface area contributed by atoms with E-state index in [-0.39, 0.29) is 5.91 Å². The van der Waals surface area contributed by atoms with E-state index in [9.17, 15) is 9.18 Å². The maximum Gasteiger partial charge on any atom is 0.253 e. The minimum absolute atomic E-state index is 0.0382. The third-order valence-corrected chi connectivity index (χ3v) is 4.11. The Bertz CT molecular complexity index is 567. The molecular formula is C17H26FN5O. The van der Waals surface area contributed by atoms with Crippen LogP contribution in [0, 0.1) is 0 Å². The highest BCUT2D eigenvalue weighted by molar-refractivity contribution is 5.94. The van der Waals surface area contributed by atoms with Gasteiger partial charge in [0.1, 0.15) is 0 Å². The molecule has 1 aliphatic rings. The van der Waals surface area contributed by atoms with Crippen molar-refractivity contribution in [2.45, 2.75) is 12.8 Å². The summed E-state index contributed by atoms with van der Waals surface area (Å²) >= 11 is 0. The number of nitrogens with zero attached hydrogens (tertiary/aromatic N) is 3. The van der Waals surface area contributed by atoms with Gasteiger partial charge in [0.05, 0.1) is 12.4 Å². The van der Waals surface area contributed by atoms with Crippen molar-refractivity contribution in [3.05, 3.63) is 41.7 Å². The topological polar surface area (TPSA) is 78.8 Å². The second-order valence-corrected chi connectivity index (χ2v) is 6.05. The number of alkyl halides is 1. The maximum absolute atomic E-state index is 12.5. The fraction of sp³-hybridized carbons (Fsp3) is 0.471. The van der Waals surface area contributed by atoms with E-state index in [1.807, 2.05) is 4.90 Å². The summed E-state index contributed by atoms with van der Waals surface area (Å²) in [5.74, 6) is 5.97. The fourth-order valence-corrected chi connectivity index (χ4v) is 2.56. The monoisotopic (exact) mass is 335 g/mol. The van der Waals surface area contributed by atoms with Crippen LogP contribution in [-0.4, -0.2) is 55.6 Å². The number of allylic oxidation sites excluding steroid dienone is 1. The molecule has 1 saturated heterocycles. The lowest BCUT2D eigenvalue weighted by molar-refractivity contribution is 0.0664. The minimum Gasteiger partial charge on any atom is -0.401 e. The molecule has 0 aromatic heterocycles. The quantitative estimate of drug-likeness (QED) is 0.605. The van der Waals surface area contributed by atoms with Gasteiger partial charge in [-0.2, -0.15) is 0 Å². The number of nitrogens with two attached hydrogens (primary N) is 2. The number of hydrogen-bond donors (Lipinski definition) is 2. The maximum atomic E-state index is 12.5. The van der Waals surface area contributed by atoms with E-state index in [0.29, 0.717) is 29.8 Å². The molecule has 132 valence electrons. The highest BCUT2D eigenvalue weighted by atomic mass is 19.1. The van der Waals surface area contributed by atoms with Crippen molar-refractivity contribution in [3.63, 3.8) is 0 Å². The van der Waals surface area contributed by atoms with E-state index in [2.05, 4.69) is 11.9 Å². The van der Waals surface area contributed by atoms with E-state index < -0.39 is 6.67 Å². The Kier molecular flexibility index (Phi) is 6.57. The Morgan fingerprint density at radius 3 is 2.46 bits per heavy atom. The number of carbonyl (C=O) groups excluding carboxylic acids is 1. The van der Waals surface area contributed by atoms with Crippen LogP contribution >= 0.6 is 0 Å². The third-order valence-electron chi connectivity index (χ3n) is 4.11. The van der Waals surface area contributed by atoms with E-state index in [4.69, 9.17) is 11.6 Å². The van der Waals surface area contributed by atoms with Crippen LogP contribution in [0.15, 0.2) is 36.2 Å². The molecule has 1 aromatic carbocycles. The predicted octanol–water partition coefficient (Wildman–Crippen LogP) is 1.30. The molecule has 0 spiro atoms. The van der Waals surface area contributed by atoms with Crippen molar-refractivity contribution in [2.24, 2.45) is 11.6 Å². The van der Waals surface area contributed by atoms with Crippen LogP contribution in [0.2, 0.25) is 0 Å². The Morgan fingerprint density at radius 1 is 1.25 bits per heavy atom. The Hall–Kier alpha value is -2.12. The fourth-order valence-electron chi connectivity index (χ4n) is 2.56. The predicted molar refractivity (Wildman–Crippen MR) is 94.0 cm³/mol. The lowest BCUT2D eigenvalue weighted by Gasteiger charge is -2.32. The van der Waals surface area contributed by atoms with Gasteiger partial charge >= 0.3 is 0 Å². The first-order valence-electron chi connectivity index (χ1n) is 8.15. The third kappa shape index (κ3) is 4.94. The summed E-state index contributed by atoms with van der Waals surface area (Å²) in [5, 5.41) is 1.39. The van der Waals surface area contributed by atoms with Gasteiger partial charge < -0.3 is 15.5 Å². The summed E-state index contributed by atoms with van der Waals surface area (Å²) in [7, 11) is 2.05. The molecule has 24 heavy (non-hydrogen) atoms. The van der Waals surface area contributed by atoms with E-state index in [1.54, 1.807) is 30.5 Å². The molecule has 1 heterocycles. The van der Waals surface area contributed by atoms with Crippen molar-refractivity contribution < 1.29 is 9.18 Å². The number of likely N-dealkylation sites (N-methyl/N-ethyl adjacent to an activating group) is 1. The van der Waals surface area contributed by atoms with Crippen LogP contribution in [-0.2, 0) is 0 Å². The van der Waals surface area contributed by atoms with Crippen LogP contribution in [0.1, 0.15) is 23.2 Å². The Labute approximate surface area is 142 Å². The average molecular weight is 335 g/mol. The number of benzene rings is 1. The van der Waals surface area contributed by atoms with Gasteiger partial charge in [0.15, 0.2) is 0 Å². The lowest BCUT2D eigenvalue weighted by Crippen LogP contribution is -2.47. The number of halogens is 1.